The molecule has 0 radical (unpaired) electrons. The normalized spacial score (nSPS) is 18.9. The van der Waals surface area contributed by atoms with Crippen molar-refractivity contribution in [1.82, 2.24) is 15.5 Å². The first-order valence-electron chi connectivity index (χ1n) is 11.6. The molecule has 1 unspecified atom stereocenters. The quantitative estimate of drug-likeness (QED) is 0.614. The Morgan fingerprint density at radius 3 is 2.21 bits per heavy atom. The van der Waals surface area contributed by atoms with Crippen LogP contribution < -0.4 is 24.8 Å². The summed E-state index contributed by atoms with van der Waals surface area (Å²) in [4.78, 5) is 39.8. The number of nitrogens with zero attached hydrogens (tertiary/aromatic N) is 1. The fraction of sp³-hybridized carbons (Fsp3) is 0.625. The number of carbonyl (C=O) groups excluding carboxylic acids is 3. The van der Waals surface area contributed by atoms with Gasteiger partial charge in [0.25, 0.3) is 5.91 Å². The van der Waals surface area contributed by atoms with E-state index in [4.69, 9.17) is 14.2 Å². The van der Waals surface area contributed by atoms with Crippen molar-refractivity contribution in [3.63, 3.8) is 0 Å². The summed E-state index contributed by atoms with van der Waals surface area (Å²) < 4.78 is 15.8. The largest absolute Gasteiger partial charge is 0.493 e. The number of nitrogens with one attached hydrogen (secondary N) is 2. The molecule has 1 saturated heterocycles. The van der Waals surface area contributed by atoms with E-state index in [1.54, 1.807) is 4.90 Å². The van der Waals surface area contributed by atoms with Crippen LogP contribution in [0.4, 0.5) is 0 Å². The predicted molar refractivity (Wildman–Crippen MR) is 123 cm³/mol. The van der Waals surface area contributed by atoms with E-state index in [-0.39, 0.29) is 30.3 Å². The van der Waals surface area contributed by atoms with Crippen molar-refractivity contribution < 1.29 is 28.6 Å². The highest BCUT2D eigenvalue weighted by Gasteiger charge is 2.30. The zero-order chi connectivity index (χ0) is 23.8. The van der Waals surface area contributed by atoms with Crippen molar-refractivity contribution >= 4 is 17.7 Å². The highest BCUT2D eigenvalue weighted by molar-refractivity contribution is 5.97. The summed E-state index contributed by atoms with van der Waals surface area (Å²) in [6.45, 7) is 0.829. The third-order valence-corrected chi connectivity index (χ3v) is 6.42. The number of hydrogen-bond acceptors (Lipinski definition) is 6. The van der Waals surface area contributed by atoms with Crippen LogP contribution >= 0.6 is 0 Å². The van der Waals surface area contributed by atoms with Gasteiger partial charge in [0, 0.05) is 24.7 Å². The molecule has 2 fully saturated rings. The van der Waals surface area contributed by atoms with Crippen molar-refractivity contribution in [2.45, 2.75) is 51.0 Å². The standard InChI is InChI=1S/C24H35N3O6/c1-31-19-12-17(13-20(32-2)22(19)33-3)23(29)25-14-21(28)27-11-7-8-16(15-27)24(30)26-18-9-5-4-6-10-18/h12-13,16,18H,4-11,14-15H2,1-3H3,(H,25,29)(H,26,30). The van der Waals surface area contributed by atoms with Gasteiger partial charge in [-0.1, -0.05) is 19.3 Å². The van der Waals surface area contributed by atoms with Crippen LogP contribution in [0.25, 0.3) is 0 Å². The number of piperidine rings is 1. The highest BCUT2D eigenvalue weighted by atomic mass is 16.5. The number of amides is 3. The Kier molecular flexibility index (Phi) is 8.79. The molecule has 9 nitrogen and oxygen atoms in total. The average molecular weight is 462 g/mol. The van der Waals surface area contributed by atoms with E-state index in [0.717, 1.165) is 38.5 Å². The molecule has 0 aromatic heterocycles. The first-order valence-corrected chi connectivity index (χ1v) is 11.6. The van der Waals surface area contributed by atoms with Crippen LogP contribution in [-0.4, -0.2) is 69.6 Å². The minimum absolute atomic E-state index is 0.0425. The third kappa shape index (κ3) is 6.30. The van der Waals surface area contributed by atoms with E-state index in [1.165, 1.54) is 39.9 Å². The SMILES string of the molecule is COc1cc(C(=O)NCC(=O)N2CCCC(C(=O)NC3CCCCC3)C2)cc(OC)c1OC. The number of methoxy groups -OCH3 is 3. The number of hydrogen-bond donors (Lipinski definition) is 2. The molecule has 1 aromatic carbocycles. The lowest BCUT2D eigenvalue weighted by atomic mass is 9.93. The van der Waals surface area contributed by atoms with E-state index in [1.807, 2.05) is 0 Å². The third-order valence-electron chi connectivity index (χ3n) is 6.42. The Morgan fingerprint density at radius 2 is 1.61 bits per heavy atom. The Hall–Kier alpha value is -2.97. The number of carbonyl (C=O) groups is 3. The van der Waals surface area contributed by atoms with Crippen LogP contribution in [-0.2, 0) is 9.59 Å². The Morgan fingerprint density at radius 1 is 0.939 bits per heavy atom. The summed E-state index contributed by atoms with van der Waals surface area (Å²) in [5.41, 5.74) is 0.292. The molecule has 1 aromatic rings. The fourth-order valence-electron chi connectivity index (χ4n) is 4.57. The van der Waals surface area contributed by atoms with Gasteiger partial charge in [-0.25, -0.2) is 0 Å². The molecule has 2 aliphatic rings. The van der Waals surface area contributed by atoms with E-state index in [0.29, 0.717) is 35.9 Å². The van der Waals surface area contributed by atoms with E-state index in [2.05, 4.69) is 10.6 Å². The van der Waals surface area contributed by atoms with Gasteiger partial charge in [-0.2, -0.15) is 0 Å². The summed E-state index contributed by atoms with van der Waals surface area (Å²) in [6, 6.07) is 3.33. The summed E-state index contributed by atoms with van der Waals surface area (Å²) >= 11 is 0. The van der Waals surface area contributed by atoms with Crippen LogP contribution in [0, 0.1) is 5.92 Å². The summed E-state index contributed by atoms with van der Waals surface area (Å²) in [6.07, 6.45) is 7.18. The Balaban J connectivity index is 1.54. The Bertz CT molecular complexity index is 828. The number of rotatable bonds is 8. The topological polar surface area (TPSA) is 106 Å². The van der Waals surface area contributed by atoms with Crippen LogP contribution in [0.15, 0.2) is 12.1 Å². The summed E-state index contributed by atoms with van der Waals surface area (Å²) in [5.74, 6) is 0.319. The van der Waals surface area contributed by atoms with Crippen LogP contribution in [0.2, 0.25) is 0 Å². The van der Waals surface area contributed by atoms with E-state index in [9.17, 15) is 14.4 Å². The lowest BCUT2D eigenvalue weighted by Crippen LogP contribution is -2.49. The van der Waals surface area contributed by atoms with Gasteiger partial charge in [-0.3, -0.25) is 14.4 Å². The molecule has 3 amide bonds. The van der Waals surface area contributed by atoms with Crippen molar-refractivity contribution in [2.75, 3.05) is 41.0 Å². The van der Waals surface area contributed by atoms with Crippen LogP contribution in [0.1, 0.15) is 55.3 Å². The minimum atomic E-state index is -0.425. The smallest absolute Gasteiger partial charge is 0.251 e. The molecule has 0 bridgehead atoms. The lowest BCUT2D eigenvalue weighted by molar-refractivity contribution is -0.135. The monoisotopic (exact) mass is 461 g/mol. The maximum Gasteiger partial charge on any atom is 0.251 e. The number of likely N-dealkylation sites (tertiary alicyclic amines) is 1. The van der Waals surface area contributed by atoms with Crippen LogP contribution in [0.3, 0.4) is 0 Å². The summed E-state index contributed by atoms with van der Waals surface area (Å²) in [5, 5.41) is 5.83. The molecule has 3 rings (SSSR count). The van der Waals surface area contributed by atoms with Gasteiger partial charge in [0.2, 0.25) is 17.6 Å². The van der Waals surface area contributed by atoms with Gasteiger partial charge < -0.3 is 29.7 Å². The molecule has 1 aliphatic carbocycles. The Labute approximate surface area is 195 Å². The molecular weight excluding hydrogens is 426 g/mol. The molecule has 1 aliphatic heterocycles. The maximum absolute atomic E-state index is 12.7. The van der Waals surface area contributed by atoms with Gasteiger partial charge in [0.15, 0.2) is 11.5 Å². The van der Waals surface area contributed by atoms with Crippen molar-refractivity contribution in [3.05, 3.63) is 17.7 Å². The van der Waals surface area contributed by atoms with Crippen molar-refractivity contribution in [2.24, 2.45) is 5.92 Å². The van der Waals surface area contributed by atoms with Gasteiger partial charge in [0.1, 0.15) is 0 Å². The molecule has 182 valence electrons. The van der Waals surface area contributed by atoms with Gasteiger partial charge in [-0.05, 0) is 37.8 Å². The predicted octanol–water partition coefficient (Wildman–Crippen LogP) is 2.13. The molecule has 1 saturated carbocycles. The molecular formula is C24H35N3O6. The van der Waals surface area contributed by atoms with Crippen molar-refractivity contribution in [3.8, 4) is 17.2 Å². The summed E-state index contributed by atoms with van der Waals surface area (Å²) in [7, 11) is 4.43. The van der Waals surface area contributed by atoms with Crippen molar-refractivity contribution in [1.29, 1.82) is 0 Å². The zero-order valence-electron chi connectivity index (χ0n) is 19.8. The zero-order valence-corrected chi connectivity index (χ0v) is 19.8. The average Bonchev–Trinajstić information content (AvgIpc) is 2.86. The van der Waals surface area contributed by atoms with E-state index >= 15 is 0 Å². The van der Waals surface area contributed by atoms with Crippen LogP contribution in [0.5, 0.6) is 17.2 Å². The minimum Gasteiger partial charge on any atom is -0.493 e. The lowest BCUT2D eigenvalue weighted by Gasteiger charge is -2.33. The second-order valence-electron chi connectivity index (χ2n) is 8.62. The number of ether oxygens (including phenoxy) is 3. The first-order chi connectivity index (χ1) is 16.0. The highest BCUT2D eigenvalue weighted by Crippen LogP contribution is 2.38. The molecule has 1 atom stereocenters. The van der Waals surface area contributed by atoms with Gasteiger partial charge >= 0.3 is 0 Å². The molecule has 2 N–H and O–H groups in total. The second-order valence-corrected chi connectivity index (χ2v) is 8.62. The molecule has 0 spiro atoms. The fourth-order valence-corrected chi connectivity index (χ4v) is 4.57. The van der Waals surface area contributed by atoms with Gasteiger partial charge in [0.05, 0.1) is 33.8 Å². The van der Waals surface area contributed by atoms with Gasteiger partial charge in [-0.15, -0.1) is 0 Å². The van der Waals surface area contributed by atoms with E-state index < -0.39 is 5.91 Å². The molecule has 9 heteroatoms. The number of benzene rings is 1. The second kappa shape index (κ2) is 11.8. The molecule has 33 heavy (non-hydrogen) atoms. The molecule has 1 heterocycles. The maximum atomic E-state index is 12.7. The first kappa shape index (κ1) is 24.7.